The maximum Gasteiger partial charge on any atom is 0.326 e. The van der Waals surface area contributed by atoms with E-state index in [2.05, 4.69) is 4.98 Å². The molecule has 1 aliphatic rings. The molecule has 0 radical (unpaired) electrons. The highest BCUT2D eigenvalue weighted by molar-refractivity contribution is 6.31. The summed E-state index contributed by atoms with van der Waals surface area (Å²) < 4.78 is 11.0. The first-order chi connectivity index (χ1) is 16.0. The van der Waals surface area contributed by atoms with E-state index in [1.54, 1.807) is 55.9 Å². The van der Waals surface area contributed by atoms with Gasteiger partial charge in [0.1, 0.15) is 17.5 Å². The Bertz CT molecular complexity index is 1200. The summed E-state index contributed by atoms with van der Waals surface area (Å²) in [7, 11) is 3.08. The summed E-state index contributed by atoms with van der Waals surface area (Å²) in [6.45, 7) is 0. The zero-order valence-electron chi connectivity index (χ0n) is 18.2. The van der Waals surface area contributed by atoms with E-state index in [-0.39, 0.29) is 0 Å². The molecule has 1 aromatic heterocycles. The molecule has 7 nitrogen and oxygen atoms in total. The van der Waals surface area contributed by atoms with E-state index >= 15 is 0 Å². The van der Waals surface area contributed by atoms with Crippen molar-refractivity contribution in [2.24, 2.45) is 0 Å². The van der Waals surface area contributed by atoms with Gasteiger partial charge in [-0.3, -0.25) is 9.78 Å². The highest BCUT2D eigenvalue weighted by Crippen LogP contribution is 2.41. The van der Waals surface area contributed by atoms with Gasteiger partial charge >= 0.3 is 5.97 Å². The number of carbonyl (C=O) groups excluding carboxylic acids is 1. The first-order valence-electron chi connectivity index (χ1n) is 10.4. The van der Waals surface area contributed by atoms with E-state index < -0.39 is 24.0 Å². The average molecular weight is 467 g/mol. The molecule has 8 heteroatoms. The minimum atomic E-state index is -1.04. The fourth-order valence-corrected chi connectivity index (χ4v) is 4.61. The number of aromatic nitrogens is 1. The van der Waals surface area contributed by atoms with Gasteiger partial charge in [-0.25, -0.2) is 4.79 Å². The summed E-state index contributed by atoms with van der Waals surface area (Å²) in [6, 6.07) is 12.6. The van der Waals surface area contributed by atoms with Gasteiger partial charge in [0.2, 0.25) is 0 Å². The fraction of sp³-hybridized carbons (Fsp3) is 0.240. The van der Waals surface area contributed by atoms with Crippen LogP contribution < -0.4 is 9.47 Å². The van der Waals surface area contributed by atoms with Crippen molar-refractivity contribution >= 4 is 23.5 Å². The van der Waals surface area contributed by atoms with Gasteiger partial charge in [0.25, 0.3) is 5.91 Å². The van der Waals surface area contributed by atoms with Gasteiger partial charge in [-0.2, -0.15) is 0 Å². The largest absolute Gasteiger partial charge is 0.496 e. The first kappa shape index (κ1) is 22.6. The van der Waals surface area contributed by atoms with Gasteiger partial charge < -0.3 is 19.5 Å². The number of nitrogens with zero attached hydrogens (tertiary/aromatic N) is 2. The number of hydrogen-bond donors (Lipinski definition) is 1. The van der Waals surface area contributed by atoms with Gasteiger partial charge in [-0.15, -0.1) is 0 Å². The van der Waals surface area contributed by atoms with Crippen LogP contribution in [0.2, 0.25) is 5.02 Å². The fourth-order valence-electron chi connectivity index (χ4n) is 4.35. The number of aliphatic carboxylic acids is 1. The Morgan fingerprint density at radius 1 is 1.03 bits per heavy atom. The second-order valence-electron chi connectivity index (χ2n) is 7.67. The number of pyridine rings is 1. The molecule has 2 aromatic carbocycles. The predicted molar refractivity (Wildman–Crippen MR) is 124 cm³/mol. The minimum absolute atomic E-state index is 0.323. The third-order valence-corrected chi connectivity index (χ3v) is 6.25. The highest BCUT2D eigenvalue weighted by Gasteiger charge is 2.42. The molecule has 33 heavy (non-hydrogen) atoms. The topological polar surface area (TPSA) is 89.0 Å². The number of carbonyl (C=O) groups is 2. The quantitative estimate of drug-likeness (QED) is 0.558. The number of benzene rings is 2. The molecule has 0 bridgehead atoms. The van der Waals surface area contributed by atoms with Crippen LogP contribution in [-0.2, 0) is 4.79 Å². The van der Waals surface area contributed by atoms with E-state index in [0.29, 0.717) is 40.5 Å². The zero-order valence-corrected chi connectivity index (χ0v) is 19.0. The van der Waals surface area contributed by atoms with Crippen LogP contribution in [0.4, 0.5) is 0 Å². The van der Waals surface area contributed by atoms with Crippen molar-refractivity contribution in [3.8, 4) is 22.6 Å². The molecule has 0 aliphatic carbocycles. The Morgan fingerprint density at radius 3 is 2.48 bits per heavy atom. The van der Waals surface area contributed by atoms with Gasteiger partial charge in [-0.1, -0.05) is 29.8 Å². The Morgan fingerprint density at radius 2 is 1.79 bits per heavy atom. The predicted octanol–water partition coefficient (Wildman–Crippen LogP) is 4.85. The van der Waals surface area contributed by atoms with E-state index in [1.807, 2.05) is 12.1 Å². The lowest BCUT2D eigenvalue weighted by Crippen LogP contribution is -2.41. The Kier molecular flexibility index (Phi) is 6.51. The second kappa shape index (κ2) is 9.50. The van der Waals surface area contributed by atoms with Crippen LogP contribution >= 0.6 is 11.6 Å². The number of hydrogen-bond acceptors (Lipinski definition) is 5. The van der Waals surface area contributed by atoms with Crippen LogP contribution in [0.3, 0.4) is 0 Å². The summed E-state index contributed by atoms with van der Waals surface area (Å²) in [5, 5.41) is 10.3. The molecule has 3 aromatic rings. The Labute approximate surface area is 196 Å². The maximum absolute atomic E-state index is 13.6. The molecular formula is C25H23ClN2O5. The summed E-state index contributed by atoms with van der Waals surface area (Å²) in [6.07, 6.45) is 4.14. The van der Waals surface area contributed by atoms with Crippen molar-refractivity contribution in [2.75, 3.05) is 14.2 Å². The minimum Gasteiger partial charge on any atom is -0.496 e. The maximum atomic E-state index is 13.6. The first-order valence-corrected chi connectivity index (χ1v) is 10.8. The summed E-state index contributed by atoms with van der Waals surface area (Å²) in [5.74, 6) is -0.367. The number of likely N-dealkylation sites (tertiary alicyclic amines) is 1. The molecular weight excluding hydrogens is 444 g/mol. The van der Waals surface area contributed by atoms with Crippen molar-refractivity contribution < 1.29 is 24.2 Å². The summed E-state index contributed by atoms with van der Waals surface area (Å²) >= 11 is 6.39. The number of methoxy groups -OCH3 is 2. The Hall–Kier alpha value is -3.58. The van der Waals surface area contributed by atoms with E-state index in [4.69, 9.17) is 21.1 Å². The number of amides is 1. The van der Waals surface area contributed by atoms with Crippen molar-refractivity contribution in [1.29, 1.82) is 0 Å². The average Bonchev–Trinajstić information content (AvgIpc) is 3.28. The molecule has 2 heterocycles. The third-order valence-electron chi connectivity index (χ3n) is 5.91. The standard InChI is InChI=1S/C25H23ClN2O5/c1-32-22-11-12-27-14-18(22)16-8-7-15(13-23(16)33-2)24(29)28-20(9-10-21(28)25(30)31)17-5-3-4-6-19(17)26/h3-8,11-14,20-21H,9-10H2,1-2H3,(H,30,31)/t20-,21+/m1/s1. The van der Waals surface area contributed by atoms with Crippen LogP contribution in [0.15, 0.2) is 60.9 Å². The molecule has 1 fully saturated rings. The number of carboxylic acid groups (broad SMARTS) is 1. The third kappa shape index (κ3) is 4.24. The lowest BCUT2D eigenvalue weighted by molar-refractivity contribution is -0.141. The van der Waals surface area contributed by atoms with Crippen LogP contribution in [0.1, 0.15) is 34.8 Å². The number of carboxylic acids is 1. The molecule has 2 atom stereocenters. The van der Waals surface area contributed by atoms with E-state index in [0.717, 1.165) is 11.1 Å². The van der Waals surface area contributed by atoms with Crippen LogP contribution in [-0.4, -0.2) is 47.1 Å². The Balaban J connectivity index is 1.75. The lowest BCUT2D eigenvalue weighted by Gasteiger charge is -2.29. The van der Waals surface area contributed by atoms with Gasteiger partial charge in [0.15, 0.2) is 0 Å². The molecule has 0 saturated carbocycles. The van der Waals surface area contributed by atoms with Crippen LogP contribution in [0, 0.1) is 0 Å². The van der Waals surface area contributed by atoms with Crippen molar-refractivity contribution in [2.45, 2.75) is 24.9 Å². The highest BCUT2D eigenvalue weighted by atomic mass is 35.5. The number of rotatable bonds is 6. The molecule has 1 saturated heterocycles. The van der Waals surface area contributed by atoms with Crippen molar-refractivity contribution in [3.63, 3.8) is 0 Å². The van der Waals surface area contributed by atoms with Crippen LogP contribution in [0.25, 0.3) is 11.1 Å². The van der Waals surface area contributed by atoms with Crippen molar-refractivity contribution in [1.82, 2.24) is 9.88 Å². The summed E-state index contributed by atoms with van der Waals surface area (Å²) in [4.78, 5) is 31.2. The SMILES string of the molecule is COc1cc(C(=O)N2[C@@H](c3ccccc3Cl)CC[C@H]2C(=O)O)ccc1-c1cnccc1OC. The summed E-state index contributed by atoms with van der Waals surface area (Å²) in [5.41, 5.74) is 2.48. The van der Waals surface area contributed by atoms with Gasteiger partial charge in [0, 0.05) is 34.1 Å². The zero-order chi connectivity index (χ0) is 23.5. The van der Waals surface area contributed by atoms with E-state index in [1.165, 1.54) is 12.0 Å². The normalized spacial score (nSPS) is 17.6. The number of halogens is 1. The molecule has 4 rings (SSSR count). The number of ether oxygens (including phenoxy) is 2. The monoisotopic (exact) mass is 466 g/mol. The van der Waals surface area contributed by atoms with E-state index in [9.17, 15) is 14.7 Å². The van der Waals surface area contributed by atoms with Crippen molar-refractivity contribution in [3.05, 3.63) is 77.1 Å². The van der Waals surface area contributed by atoms with Gasteiger partial charge in [-0.05, 0) is 48.7 Å². The lowest BCUT2D eigenvalue weighted by atomic mass is 10.0. The molecule has 1 aliphatic heterocycles. The molecule has 170 valence electrons. The van der Waals surface area contributed by atoms with Gasteiger partial charge in [0.05, 0.1) is 20.3 Å². The molecule has 0 spiro atoms. The second-order valence-corrected chi connectivity index (χ2v) is 8.08. The van der Waals surface area contributed by atoms with Crippen LogP contribution in [0.5, 0.6) is 11.5 Å². The molecule has 1 N–H and O–H groups in total. The molecule has 1 amide bonds. The smallest absolute Gasteiger partial charge is 0.326 e. The molecule has 0 unspecified atom stereocenters.